The summed E-state index contributed by atoms with van der Waals surface area (Å²) in [6.45, 7) is 34.8. The van der Waals surface area contributed by atoms with Crippen molar-refractivity contribution < 1.29 is 19.1 Å². The van der Waals surface area contributed by atoms with Crippen LogP contribution in [-0.4, -0.2) is 128 Å². The molecule has 2 fully saturated rings. The topological polar surface area (TPSA) is 210 Å². The number of carbonyl (C=O) groups excluding carboxylic acids is 3. The Hall–Kier alpha value is -6.94. The lowest BCUT2D eigenvalue weighted by molar-refractivity contribution is 0.0293. The number of benzene rings is 2. The quantitative estimate of drug-likeness (QED) is 0.0591. The molecule has 3 amide bonds. The minimum atomic E-state index is -0.532. The highest BCUT2D eigenvalue weighted by Crippen LogP contribution is 2.37. The fourth-order valence-electron chi connectivity index (χ4n) is 8.18. The van der Waals surface area contributed by atoms with Crippen LogP contribution in [0.2, 0.25) is 0 Å². The second kappa shape index (κ2) is 23.3. The molecular weight excluding hydrogens is 899 g/mol. The van der Waals surface area contributed by atoms with Crippen molar-refractivity contribution in [1.82, 2.24) is 40.8 Å². The van der Waals surface area contributed by atoms with Gasteiger partial charge in [-0.3, -0.25) is 9.59 Å². The van der Waals surface area contributed by atoms with Gasteiger partial charge < -0.3 is 56.7 Å². The molecule has 0 unspecified atom stereocenters. The van der Waals surface area contributed by atoms with E-state index in [-0.39, 0.29) is 40.8 Å². The minimum absolute atomic E-state index is 0.0218. The average Bonchev–Trinajstić information content (AvgIpc) is 3.98. The van der Waals surface area contributed by atoms with Crippen LogP contribution in [0.1, 0.15) is 107 Å². The van der Waals surface area contributed by atoms with Crippen LogP contribution in [0.4, 0.5) is 57.0 Å². The van der Waals surface area contributed by atoms with Gasteiger partial charge in [-0.05, 0) is 100 Å². The Bertz CT molecular complexity index is 2550. The molecule has 71 heavy (non-hydrogen) atoms. The highest BCUT2D eigenvalue weighted by atomic mass is 16.6. The maximum atomic E-state index is 12.5. The number of nitrogens with one attached hydrogen (secondary N) is 7. The third kappa shape index (κ3) is 16.3. The summed E-state index contributed by atoms with van der Waals surface area (Å²) in [7, 11) is 7.18. The molecule has 2 aliphatic heterocycles. The SMILES string of the molecule is CNC(=O)c1ccc(C)c(Nc2nc(N[C@@H]3CCN(C(=O)OC(C)(C)C)C3)cc(N(C)CC(C)(C)C)n2)c1.[C-]#[N+]c1c(N[C@@H]2CCNC2)nc(Nc2cc(C(=O)NC)ccc2C)nc1N(C)CC(C)(C)C. The highest BCUT2D eigenvalue weighted by Gasteiger charge is 2.31. The number of likely N-dealkylation sites (tertiary alicyclic amines) is 1. The van der Waals surface area contributed by atoms with Crippen LogP contribution in [0.25, 0.3) is 4.85 Å². The first-order chi connectivity index (χ1) is 33.2. The third-order valence-corrected chi connectivity index (χ3v) is 11.4. The Morgan fingerprint density at radius 2 is 1.32 bits per heavy atom. The van der Waals surface area contributed by atoms with Gasteiger partial charge in [-0.1, -0.05) is 53.7 Å². The number of anilines is 8. The lowest BCUT2D eigenvalue weighted by atomic mass is 9.96. The molecule has 2 aromatic heterocycles. The molecule has 2 aliphatic rings. The van der Waals surface area contributed by atoms with Crippen molar-refractivity contribution in [2.75, 3.05) is 98.5 Å². The normalized spacial score (nSPS) is 15.7. The number of nitrogens with zero attached hydrogens (tertiary/aromatic N) is 8. The molecule has 0 radical (unpaired) electrons. The Kier molecular flexibility index (Phi) is 18.1. The number of hydrogen-bond acceptors (Lipinski definition) is 15. The van der Waals surface area contributed by atoms with Crippen molar-refractivity contribution in [3.63, 3.8) is 0 Å². The van der Waals surface area contributed by atoms with Gasteiger partial charge in [0.25, 0.3) is 17.5 Å². The van der Waals surface area contributed by atoms with Gasteiger partial charge in [-0.25, -0.2) is 19.6 Å². The number of aromatic nitrogens is 4. The molecule has 2 atom stereocenters. The van der Waals surface area contributed by atoms with Crippen LogP contribution in [0.3, 0.4) is 0 Å². The molecule has 4 heterocycles. The van der Waals surface area contributed by atoms with Crippen molar-refractivity contribution in [3.8, 4) is 0 Å². The van der Waals surface area contributed by atoms with Crippen LogP contribution >= 0.6 is 0 Å². The minimum Gasteiger partial charge on any atom is -0.444 e. The second-order valence-corrected chi connectivity index (χ2v) is 21.8. The first-order valence-corrected chi connectivity index (χ1v) is 24.3. The highest BCUT2D eigenvalue weighted by molar-refractivity contribution is 5.96. The Morgan fingerprint density at radius 1 is 0.761 bits per heavy atom. The van der Waals surface area contributed by atoms with E-state index in [1.54, 1.807) is 43.3 Å². The van der Waals surface area contributed by atoms with E-state index in [4.69, 9.17) is 26.3 Å². The van der Waals surface area contributed by atoms with Crippen LogP contribution in [0.5, 0.6) is 0 Å². The molecule has 7 N–H and O–H groups in total. The maximum Gasteiger partial charge on any atom is 0.410 e. The molecule has 6 rings (SSSR count). The van der Waals surface area contributed by atoms with E-state index in [9.17, 15) is 14.4 Å². The predicted molar refractivity (Wildman–Crippen MR) is 286 cm³/mol. The summed E-state index contributed by atoms with van der Waals surface area (Å²) in [6.07, 6.45) is 1.45. The van der Waals surface area contributed by atoms with Crippen LogP contribution in [0.15, 0.2) is 42.5 Å². The molecule has 19 nitrogen and oxygen atoms in total. The summed E-state index contributed by atoms with van der Waals surface area (Å²) in [4.78, 5) is 65.4. The van der Waals surface area contributed by atoms with E-state index in [0.717, 1.165) is 67.3 Å². The first kappa shape index (κ1) is 55.0. The molecule has 0 saturated carbocycles. The molecule has 0 bridgehead atoms. The number of carbonyl (C=O) groups is 3. The van der Waals surface area contributed by atoms with Gasteiger partial charge in [0.05, 0.1) is 6.57 Å². The number of ether oxygens (including phenoxy) is 1. The molecule has 0 spiro atoms. The van der Waals surface area contributed by atoms with E-state index in [0.29, 0.717) is 59.3 Å². The molecule has 384 valence electrons. The van der Waals surface area contributed by atoms with E-state index in [1.807, 2.05) is 71.8 Å². The van der Waals surface area contributed by atoms with Gasteiger partial charge in [0, 0.05) is 102 Å². The fraction of sp³-hybridized carbons (Fsp3) is 0.538. The molecule has 2 aromatic carbocycles. The van der Waals surface area contributed by atoms with E-state index >= 15 is 0 Å². The maximum absolute atomic E-state index is 12.5. The lowest BCUT2D eigenvalue weighted by Gasteiger charge is -2.29. The van der Waals surface area contributed by atoms with Gasteiger partial charge in [0.2, 0.25) is 11.9 Å². The summed E-state index contributed by atoms with van der Waals surface area (Å²) in [5.41, 5.74) is 4.48. The van der Waals surface area contributed by atoms with Gasteiger partial charge in [0.1, 0.15) is 28.9 Å². The van der Waals surface area contributed by atoms with Crippen LogP contribution in [0, 0.1) is 31.2 Å². The van der Waals surface area contributed by atoms with Gasteiger partial charge in [-0.2, -0.15) is 9.97 Å². The average molecular weight is 976 g/mol. The second-order valence-electron chi connectivity index (χ2n) is 21.8. The summed E-state index contributed by atoms with van der Waals surface area (Å²) >= 11 is 0. The Morgan fingerprint density at radius 3 is 1.83 bits per heavy atom. The largest absolute Gasteiger partial charge is 0.444 e. The van der Waals surface area contributed by atoms with Crippen molar-refractivity contribution in [2.45, 2.75) is 107 Å². The summed E-state index contributed by atoms with van der Waals surface area (Å²) < 4.78 is 5.54. The number of aryl methyl sites for hydroxylation is 2. The van der Waals surface area contributed by atoms with Crippen molar-refractivity contribution >= 4 is 70.1 Å². The Balaban J connectivity index is 0.000000267. The molecule has 19 heteroatoms. The van der Waals surface area contributed by atoms with Gasteiger partial charge >= 0.3 is 6.09 Å². The van der Waals surface area contributed by atoms with Crippen molar-refractivity contribution in [1.29, 1.82) is 0 Å². The standard InChI is InChI=1S/C28H43N7O3.C24H34N8O/c1-18-10-11-19(24(36)29-8)14-21(18)31-25-32-22(15-23(33-25)34(9)17-27(2,3)4)30-20-12-13-35(16-20)26(37)38-28(5,6)7;1-15-8-9-16(22(33)26-6)12-18(15)29-23-30-20(28-17-10-11-27-13-17)19(25-5)21(31-23)32(7)14-24(2,3)4/h10-11,14-15,20H,12-13,16-17H2,1-9H3,(H,29,36)(H2,30,31,32,33);8-9,12,17,27H,10-11,13-14H2,1-4,6-7H3,(H,26,33)(H2,28,29,30,31)/t20-;17-/m11/s1. The zero-order valence-electron chi connectivity index (χ0n) is 44.6. The fourth-order valence-corrected chi connectivity index (χ4v) is 8.18. The molecule has 4 aromatic rings. The first-order valence-electron chi connectivity index (χ1n) is 24.3. The zero-order chi connectivity index (χ0) is 52.4. The van der Waals surface area contributed by atoms with Crippen molar-refractivity contribution in [2.24, 2.45) is 10.8 Å². The van der Waals surface area contributed by atoms with Crippen molar-refractivity contribution in [3.05, 3.63) is 76.1 Å². The van der Waals surface area contributed by atoms with Gasteiger partial charge in [0.15, 0.2) is 0 Å². The summed E-state index contributed by atoms with van der Waals surface area (Å²) in [5.74, 6) is 3.00. The summed E-state index contributed by atoms with van der Waals surface area (Å²) in [5, 5.41) is 22.2. The summed E-state index contributed by atoms with van der Waals surface area (Å²) in [6, 6.07) is 13.1. The van der Waals surface area contributed by atoms with Crippen LogP contribution in [-0.2, 0) is 4.74 Å². The molecular formula is C52H77N15O4. The Labute approximate surface area is 420 Å². The monoisotopic (exact) mass is 976 g/mol. The molecule has 0 aliphatic carbocycles. The number of rotatable bonds is 14. The van der Waals surface area contributed by atoms with E-state index in [1.165, 1.54) is 0 Å². The zero-order valence-corrected chi connectivity index (χ0v) is 44.6. The number of hydrogen-bond donors (Lipinski definition) is 7. The van der Waals surface area contributed by atoms with Gasteiger partial charge in [-0.15, -0.1) is 0 Å². The van der Waals surface area contributed by atoms with Crippen LogP contribution < -0.4 is 47.0 Å². The number of amides is 3. The third-order valence-electron chi connectivity index (χ3n) is 11.4. The predicted octanol–water partition coefficient (Wildman–Crippen LogP) is 8.49. The van der Waals surface area contributed by atoms with E-state index in [2.05, 4.69) is 93.5 Å². The van der Waals surface area contributed by atoms with E-state index < -0.39 is 5.60 Å². The molecule has 2 saturated heterocycles. The lowest BCUT2D eigenvalue weighted by Crippen LogP contribution is -2.36. The smallest absolute Gasteiger partial charge is 0.410 e.